The minimum Gasteiger partial charge on any atom is -0.489 e. The Balaban J connectivity index is 1.19. The zero-order valence-corrected chi connectivity index (χ0v) is 16.2. The number of epoxide rings is 1. The van der Waals surface area contributed by atoms with Crippen molar-refractivity contribution in [2.45, 2.75) is 43.9 Å². The first-order valence-corrected chi connectivity index (χ1v) is 9.90. The summed E-state index contributed by atoms with van der Waals surface area (Å²) in [4.78, 5) is 11.9. The fraction of sp³-hybridized carbons (Fsp3) is 0.381. The van der Waals surface area contributed by atoms with Crippen molar-refractivity contribution in [2.24, 2.45) is 0 Å². The number of fused-ring (bicyclic) bond motifs is 5. The highest BCUT2D eigenvalue weighted by Gasteiger charge is 2.60. The van der Waals surface area contributed by atoms with Crippen molar-refractivity contribution >= 4 is 21.9 Å². The number of esters is 1. The Kier molecular flexibility index (Phi) is 4.42. The fourth-order valence-electron chi connectivity index (χ4n) is 4.09. The van der Waals surface area contributed by atoms with Crippen molar-refractivity contribution in [1.29, 1.82) is 0 Å². The van der Waals surface area contributed by atoms with Gasteiger partial charge in [-0.2, -0.15) is 0 Å². The summed E-state index contributed by atoms with van der Waals surface area (Å²) in [5.41, 5.74) is 3.09. The van der Waals surface area contributed by atoms with Crippen LogP contribution >= 0.6 is 15.9 Å². The Morgan fingerprint density at radius 1 is 1.15 bits per heavy atom. The maximum atomic E-state index is 11.9. The van der Waals surface area contributed by atoms with Crippen LogP contribution in [0.1, 0.15) is 29.0 Å². The molecule has 2 unspecified atom stereocenters. The van der Waals surface area contributed by atoms with Gasteiger partial charge in [0.05, 0.1) is 24.7 Å². The van der Waals surface area contributed by atoms with E-state index in [4.69, 9.17) is 18.9 Å². The molecule has 1 aliphatic carbocycles. The molecule has 0 aromatic heterocycles. The number of halogens is 1. The van der Waals surface area contributed by atoms with Gasteiger partial charge in [0.25, 0.3) is 0 Å². The van der Waals surface area contributed by atoms with E-state index in [2.05, 4.69) is 22.0 Å². The van der Waals surface area contributed by atoms with Crippen LogP contribution in [0.3, 0.4) is 0 Å². The molecule has 1 saturated heterocycles. The third kappa shape index (κ3) is 3.37. The molecule has 0 amide bonds. The Hall–Kier alpha value is -1.89. The summed E-state index contributed by atoms with van der Waals surface area (Å²) in [5, 5.41) is 0. The molecular weight excluding hydrogens is 412 g/mol. The Labute approximate surface area is 165 Å². The maximum Gasteiger partial charge on any atom is 0.332 e. The molecule has 3 aliphatic rings. The summed E-state index contributed by atoms with van der Waals surface area (Å²) in [5.74, 6) is 0.828. The predicted octanol–water partition coefficient (Wildman–Crippen LogP) is 3.72. The summed E-state index contributed by atoms with van der Waals surface area (Å²) in [7, 11) is 0. The van der Waals surface area contributed by atoms with Crippen LogP contribution < -0.4 is 4.74 Å². The lowest BCUT2D eigenvalue weighted by molar-refractivity contribution is -0.150. The number of carbonyl (C=O) groups excluding carboxylic acids is 1. The molecule has 0 radical (unpaired) electrons. The Bertz CT molecular complexity index is 868. The first-order valence-electron chi connectivity index (χ1n) is 9.11. The lowest BCUT2D eigenvalue weighted by Crippen LogP contribution is -2.17. The lowest BCUT2D eigenvalue weighted by atomic mass is 9.95. The molecule has 2 aliphatic heterocycles. The number of hydrogen-bond acceptors (Lipinski definition) is 5. The van der Waals surface area contributed by atoms with Gasteiger partial charge in [0, 0.05) is 22.0 Å². The molecule has 2 heterocycles. The fourth-order valence-corrected chi connectivity index (χ4v) is 4.62. The molecule has 140 valence electrons. The number of carbonyl (C=O) groups is 1. The van der Waals surface area contributed by atoms with E-state index in [0.29, 0.717) is 24.7 Å². The summed E-state index contributed by atoms with van der Waals surface area (Å²) < 4.78 is 23.7. The number of benzene rings is 2. The average molecular weight is 431 g/mol. The topological polar surface area (TPSA) is 57.3 Å². The van der Waals surface area contributed by atoms with Crippen LogP contribution in [0.2, 0.25) is 0 Å². The quantitative estimate of drug-likeness (QED) is 0.516. The molecule has 0 N–H and O–H groups in total. The summed E-state index contributed by atoms with van der Waals surface area (Å²) in [6.45, 7) is 0.468. The van der Waals surface area contributed by atoms with Gasteiger partial charge >= 0.3 is 5.97 Å². The highest BCUT2D eigenvalue weighted by Crippen LogP contribution is 2.56. The minimum atomic E-state index is -0.377. The van der Waals surface area contributed by atoms with E-state index in [1.165, 1.54) is 5.56 Å². The zero-order valence-electron chi connectivity index (χ0n) is 14.6. The van der Waals surface area contributed by atoms with Gasteiger partial charge in [-0.25, -0.2) is 4.79 Å². The molecule has 4 atom stereocenters. The van der Waals surface area contributed by atoms with Crippen molar-refractivity contribution < 1.29 is 23.7 Å². The Morgan fingerprint density at radius 2 is 2.00 bits per heavy atom. The SMILES string of the molecule is O=C(COCc1cc(Br)cc2c1OC1C[C@H]3O[C@H]3C21)OCc1ccccc1. The van der Waals surface area contributed by atoms with Crippen LogP contribution in [-0.4, -0.2) is 30.9 Å². The van der Waals surface area contributed by atoms with Crippen molar-refractivity contribution in [2.75, 3.05) is 6.61 Å². The molecule has 1 saturated carbocycles. The number of hydrogen-bond donors (Lipinski definition) is 0. The van der Waals surface area contributed by atoms with Gasteiger partial charge in [0.1, 0.15) is 25.1 Å². The van der Waals surface area contributed by atoms with Crippen molar-refractivity contribution in [3.8, 4) is 5.75 Å². The van der Waals surface area contributed by atoms with Gasteiger partial charge < -0.3 is 18.9 Å². The van der Waals surface area contributed by atoms with Gasteiger partial charge in [-0.3, -0.25) is 0 Å². The van der Waals surface area contributed by atoms with Crippen LogP contribution in [-0.2, 0) is 32.2 Å². The second-order valence-corrected chi connectivity index (χ2v) is 8.09. The van der Waals surface area contributed by atoms with Crippen molar-refractivity contribution in [1.82, 2.24) is 0 Å². The van der Waals surface area contributed by atoms with Gasteiger partial charge in [-0.05, 0) is 17.7 Å². The maximum absolute atomic E-state index is 11.9. The van der Waals surface area contributed by atoms with E-state index < -0.39 is 0 Å². The average Bonchev–Trinajstić information content (AvgIpc) is 3.18. The number of ether oxygens (including phenoxy) is 4. The number of rotatable bonds is 6. The van der Waals surface area contributed by atoms with Gasteiger partial charge in [-0.1, -0.05) is 46.3 Å². The molecule has 27 heavy (non-hydrogen) atoms. The molecule has 0 bridgehead atoms. The van der Waals surface area contributed by atoms with E-state index in [1.807, 2.05) is 36.4 Å². The standard InChI is InChI=1S/C21H19BrO5/c22-14-6-13(10-24-11-18(23)25-9-12-4-2-1-3-5-12)20-15(7-14)19-16(26-20)8-17-21(19)27-17/h1-7,16-17,19,21H,8-11H2/t16?,17-,19?,21-/m1/s1. The second kappa shape index (κ2) is 6.93. The summed E-state index contributed by atoms with van der Waals surface area (Å²) >= 11 is 3.57. The molecule has 0 spiro atoms. The lowest BCUT2D eigenvalue weighted by Gasteiger charge is -2.12. The molecule has 5 rings (SSSR count). The Morgan fingerprint density at radius 3 is 2.85 bits per heavy atom. The molecular formula is C21H19BrO5. The van der Waals surface area contributed by atoms with Crippen LogP contribution in [0.5, 0.6) is 5.75 Å². The largest absolute Gasteiger partial charge is 0.489 e. The van der Waals surface area contributed by atoms with E-state index in [9.17, 15) is 4.79 Å². The van der Waals surface area contributed by atoms with Crippen LogP contribution in [0, 0.1) is 0 Å². The normalized spacial score (nSPS) is 26.7. The first kappa shape index (κ1) is 17.2. The third-order valence-corrected chi connectivity index (χ3v) is 5.81. The zero-order chi connectivity index (χ0) is 18.4. The van der Waals surface area contributed by atoms with Crippen LogP contribution in [0.15, 0.2) is 46.9 Å². The highest BCUT2D eigenvalue weighted by molar-refractivity contribution is 9.10. The molecule has 6 heteroatoms. The third-order valence-electron chi connectivity index (χ3n) is 5.35. The highest BCUT2D eigenvalue weighted by atomic mass is 79.9. The minimum absolute atomic E-state index is 0.0885. The van der Waals surface area contributed by atoms with E-state index >= 15 is 0 Å². The van der Waals surface area contributed by atoms with Gasteiger partial charge in [0.2, 0.25) is 0 Å². The molecule has 2 fully saturated rings. The first-order chi connectivity index (χ1) is 13.2. The molecule has 5 nitrogen and oxygen atoms in total. The summed E-state index contributed by atoms with van der Waals surface area (Å²) in [6, 6.07) is 13.7. The van der Waals surface area contributed by atoms with Crippen LogP contribution in [0.4, 0.5) is 0 Å². The monoisotopic (exact) mass is 430 g/mol. The van der Waals surface area contributed by atoms with E-state index in [-0.39, 0.29) is 25.3 Å². The van der Waals surface area contributed by atoms with Crippen molar-refractivity contribution in [3.05, 3.63) is 63.6 Å². The van der Waals surface area contributed by atoms with Gasteiger partial charge in [-0.15, -0.1) is 0 Å². The van der Waals surface area contributed by atoms with Gasteiger partial charge in [0.15, 0.2) is 0 Å². The molecule has 2 aromatic rings. The van der Waals surface area contributed by atoms with Crippen molar-refractivity contribution in [3.63, 3.8) is 0 Å². The molecule has 2 aromatic carbocycles. The van der Waals surface area contributed by atoms with E-state index in [0.717, 1.165) is 27.8 Å². The summed E-state index contributed by atoms with van der Waals surface area (Å²) in [6.07, 6.45) is 1.82. The second-order valence-electron chi connectivity index (χ2n) is 7.18. The van der Waals surface area contributed by atoms with Crippen LogP contribution in [0.25, 0.3) is 0 Å². The predicted molar refractivity (Wildman–Crippen MR) is 100 cm³/mol. The smallest absolute Gasteiger partial charge is 0.332 e. The van der Waals surface area contributed by atoms with E-state index in [1.54, 1.807) is 0 Å².